The molecule has 3 heterocycles. The number of fused-ring (bicyclic) bond motifs is 7. The molecule has 0 aliphatic carbocycles. The zero-order valence-electron chi connectivity index (χ0n) is 16.5. The molecule has 1 aliphatic rings. The molecule has 1 fully saturated rings. The van der Waals surface area contributed by atoms with Gasteiger partial charge >= 0.3 is 0 Å². The van der Waals surface area contributed by atoms with E-state index in [9.17, 15) is 20.4 Å². The summed E-state index contributed by atoms with van der Waals surface area (Å²) in [4.78, 5) is 3.50. The smallest absolute Gasteiger partial charge is 0.163 e. The first kappa shape index (κ1) is 18.8. The van der Waals surface area contributed by atoms with E-state index in [1.807, 2.05) is 47.0 Å². The third kappa shape index (κ3) is 2.52. The van der Waals surface area contributed by atoms with Crippen molar-refractivity contribution < 1.29 is 25.2 Å². The van der Waals surface area contributed by atoms with Gasteiger partial charge in [0.05, 0.1) is 23.2 Å². The van der Waals surface area contributed by atoms with Crippen LogP contribution in [-0.2, 0) is 4.74 Å². The first-order chi connectivity index (χ1) is 15.1. The molecule has 6 rings (SSSR count). The van der Waals surface area contributed by atoms with E-state index in [0.717, 1.165) is 43.6 Å². The van der Waals surface area contributed by atoms with Gasteiger partial charge in [-0.3, -0.25) is 0 Å². The Morgan fingerprint density at radius 2 is 1.48 bits per heavy atom. The Hall–Kier alpha value is -2.94. The van der Waals surface area contributed by atoms with Crippen molar-refractivity contribution in [1.82, 2.24) is 9.55 Å². The molecule has 1 aliphatic heterocycles. The molecule has 0 bridgehead atoms. The van der Waals surface area contributed by atoms with Crippen molar-refractivity contribution in [2.75, 3.05) is 6.61 Å². The molecule has 7 nitrogen and oxygen atoms in total. The lowest BCUT2D eigenvalue weighted by Crippen LogP contribution is -2.56. The minimum absolute atomic E-state index is 0.472. The van der Waals surface area contributed by atoms with E-state index in [1.165, 1.54) is 0 Å². The summed E-state index contributed by atoms with van der Waals surface area (Å²) in [5.41, 5.74) is 3.55. The van der Waals surface area contributed by atoms with Gasteiger partial charge in [-0.2, -0.15) is 0 Å². The van der Waals surface area contributed by atoms with Crippen molar-refractivity contribution >= 4 is 43.6 Å². The van der Waals surface area contributed by atoms with Crippen LogP contribution in [-0.4, -0.2) is 61.0 Å². The van der Waals surface area contributed by atoms with Gasteiger partial charge in [0.25, 0.3) is 0 Å². The van der Waals surface area contributed by atoms with Gasteiger partial charge in [-0.25, -0.2) is 0 Å². The number of aliphatic hydroxyl groups excluding tert-OH is 4. The second-order valence-corrected chi connectivity index (χ2v) is 8.16. The number of aliphatic hydroxyl groups is 4. The molecular formula is C24H22N2O5. The molecule has 0 spiro atoms. The fourth-order valence-electron chi connectivity index (χ4n) is 4.96. The number of para-hydroxylation sites is 2. The largest absolute Gasteiger partial charge is 0.394 e. The van der Waals surface area contributed by atoms with E-state index in [2.05, 4.69) is 23.2 Å². The zero-order chi connectivity index (χ0) is 21.3. The van der Waals surface area contributed by atoms with Crippen LogP contribution in [0.2, 0.25) is 0 Å². The maximum Gasteiger partial charge on any atom is 0.163 e. The molecule has 5 aromatic rings. The molecule has 0 unspecified atom stereocenters. The maximum absolute atomic E-state index is 10.9. The van der Waals surface area contributed by atoms with Gasteiger partial charge in [-0.05, 0) is 12.1 Å². The summed E-state index contributed by atoms with van der Waals surface area (Å²) in [6.07, 6.45) is -6.21. The van der Waals surface area contributed by atoms with Crippen LogP contribution in [0.15, 0.2) is 60.7 Å². The van der Waals surface area contributed by atoms with Crippen LogP contribution < -0.4 is 0 Å². The summed E-state index contributed by atoms with van der Waals surface area (Å²) in [5, 5.41) is 45.3. The molecule has 0 amide bonds. The van der Waals surface area contributed by atoms with Crippen molar-refractivity contribution in [3.8, 4) is 0 Å². The highest BCUT2D eigenvalue weighted by Crippen LogP contribution is 2.41. The van der Waals surface area contributed by atoms with Crippen molar-refractivity contribution in [2.45, 2.75) is 30.6 Å². The first-order valence-electron chi connectivity index (χ1n) is 10.3. The van der Waals surface area contributed by atoms with Gasteiger partial charge < -0.3 is 34.7 Å². The minimum atomic E-state index is -1.45. The molecule has 158 valence electrons. The molecule has 5 atom stereocenters. The summed E-state index contributed by atoms with van der Waals surface area (Å²) in [6.45, 7) is -0.472. The van der Waals surface area contributed by atoms with Gasteiger partial charge in [-0.15, -0.1) is 0 Å². The van der Waals surface area contributed by atoms with Crippen molar-refractivity contribution in [3.63, 3.8) is 0 Å². The van der Waals surface area contributed by atoms with E-state index in [4.69, 9.17) is 4.74 Å². The number of aromatic nitrogens is 2. The third-order valence-corrected chi connectivity index (χ3v) is 6.47. The number of hydrogen-bond donors (Lipinski definition) is 5. The second kappa shape index (κ2) is 6.78. The van der Waals surface area contributed by atoms with Crippen molar-refractivity contribution in [2.24, 2.45) is 0 Å². The predicted molar refractivity (Wildman–Crippen MR) is 118 cm³/mol. The van der Waals surface area contributed by atoms with Crippen LogP contribution in [0.4, 0.5) is 0 Å². The van der Waals surface area contributed by atoms with Gasteiger partial charge in [0.2, 0.25) is 0 Å². The first-order valence-corrected chi connectivity index (χ1v) is 10.3. The van der Waals surface area contributed by atoms with Crippen molar-refractivity contribution in [3.05, 3.63) is 60.7 Å². The average molecular weight is 418 g/mol. The summed E-state index contributed by atoms with van der Waals surface area (Å²) in [5.74, 6) is 0. The molecule has 1 saturated heterocycles. The van der Waals surface area contributed by atoms with Crippen LogP contribution in [0.1, 0.15) is 6.23 Å². The average Bonchev–Trinajstić information content (AvgIpc) is 3.34. The Labute approximate surface area is 176 Å². The number of ether oxygens (including phenoxy) is 1. The summed E-state index contributed by atoms with van der Waals surface area (Å²) < 4.78 is 7.82. The van der Waals surface area contributed by atoms with Crippen molar-refractivity contribution in [1.29, 1.82) is 0 Å². The number of aromatic amines is 1. The van der Waals surface area contributed by atoms with Gasteiger partial charge in [0, 0.05) is 27.1 Å². The number of H-pyrrole nitrogens is 1. The van der Waals surface area contributed by atoms with E-state index >= 15 is 0 Å². The minimum Gasteiger partial charge on any atom is -0.394 e. The Balaban J connectivity index is 1.72. The van der Waals surface area contributed by atoms with E-state index in [0.29, 0.717) is 0 Å². The second-order valence-electron chi connectivity index (χ2n) is 8.16. The number of nitrogens with one attached hydrogen (secondary N) is 1. The number of nitrogens with zero attached hydrogens (tertiary/aromatic N) is 1. The highest BCUT2D eigenvalue weighted by Gasteiger charge is 2.45. The highest BCUT2D eigenvalue weighted by atomic mass is 16.6. The highest BCUT2D eigenvalue weighted by molar-refractivity contribution is 6.22. The van der Waals surface area contributed by atoms with Crippen LogP contribution >= 0.6 is 0 Å². The molecule has 3 aromatic carbocycles. The molecule has 2 aromatic heterocycles. The molecule has 31 heavy (non-hydrogen) atoms. The van der Waals surface area contributed by atoms with E-state index < -0.39 is 37.3 Å². The predicted octanol–water partition coefficient (Wildman–Crippen LogP) is 2.40. The molecular weight excluding hydrogens is 396 g/mol. The Morgan fingerprint density at radius 3 is 2.29 bits per heavy atom. The van der Waals surface area contributed by atoms with E-state index in [-0.39, 0.29) is 0 Å². The fourth-order valence-corrected chi connectivity index (χ4v) is 4.96. The number of hydrogen-bond acceptors (Lipinski definition) is 5. The van der Waals surface area contributed by atoms with E-state index in [1.54, 1.807) is 0 Å². The Bertz CT molecular complexity index is 1440. The van der Waals surface area contributed by atoms with Crippen LogP contribution in [0, 0.1) is 0 Å². The lowest BCUT2D eigenvalue weighted by atomic mass is 9.98. The van der Waals surface area contributed by atoms with Crippen LogP contribution in [0.5, 0.6) is 0 Å². The molecule has 0 radical (unpaired) electrons. The van der Waals surface area contributed by atoms with Gasteiger partial charge in [0.15, 0.2) is 6.23 Å². The van der Waals surface area contributed by atoms with Gasteiger partial charge in [-0.1, -0.05) is 48.5 Å². The lowest BCUT2D eigenvalue weighted by molar-refractivity contribution is -0.249. The monoisotopic (exact) mass is 418 g/mol. The maximum atomic E-state index is 10.9. The quantitative estimate of drug-likeness (QED) is 0.302. The molecule has 0 saturated carbocycles. The lowest BCUT2D eigenvalue weighted by Gasteiger charge is -2.41. The number of rotatable bonds is 2. The SMILES string of the molecule is OC[C@H]1O[C@@H](n2c3ccccc3c3ccc4c5ccccc5[nH]c4c32)[C@H](O)[C@@H](O)[C@@H]1O. The third-order valence-electron chi connectivity index (χ3n) is 6.47. The topological polar surface area (TPSA) is 111 Å². The molecule has 7 heteroatoms. The fraction of sp³-hybridized carbons (Fsp3) is 0.250. The Morgan fingerprint density at radius 1 is 0.774 bits per heavy atom. The summed E-state index contributed by atoms with van der Waals surface area (Å²) in [7, 11) is 0. The van der Waals surface area contributed by atoms with Crippen LogP contribution in [0.3, 0.4) is 0 Å². The molecule has 5 N–H and O–H groups in total. The standard InChI is InChI=1S/C24H22N2O5/c27-11-18-21(28)22(29)23(30)24(31-18)26-17-8-4-2-6-13(17)15-10-9-14-12-5-1-3-7-16(12)25-19(14)20(15)26/h1-10,18,21-25,27-30H,11H2/t18-,21-,22+,23-,24-/m1/s1. The van der Waals surface area contributed by atoms with Crippen LogP contribution in [0.25, 0.3) is 43.6 Å². The zero-order valence-corrected chi connectivity index (χ0v) is 16.5. The van der Waals surface area contributed by atoms with Gasteiger partial charge in [0.1, 0.15) is 24.4 Å². The normalized spacial score (nSPS) is 27.0. The summed E-state index contributed by atoms with van der Waals surface area (Å²) >= 11 is 0. The Kier molecular flexibility index (Phi) is 4.11. The summed E-state index contributed by atoms with van der Waals surface area (Å²) in [6, 6.07) is 20.0. The number of benzene rings is 3.